The van der Waals surface area contributed by atoms with Crippen molar-refractivity contribution in [1.29, 1.82) is 0 Å². The molecule has 9 rings (SSSR count). The van der Waals surface area contributed by atoms with Gasteiger partial charge < -0.3 is 4.90 Å². The molecule has 0 spiro atoms. The number of hydrogen-bond donors (Lipinski definition) is 0. The van der Waals surface area contributed by atoms with Crippen molar-refractivity contribution in [2.75, 3.05) is 4.90 Å². The van der Waals surface area contributed by atoms with Crippen LogP contribution in [0.15, 0.2) is 152 Å². The zero-order valence-electron chi connectivity index (χ0n) is 24.3. The summed E-state index contributed by atoms with van der Waals surface area (Å²) in [5, 5.41) is 0. The normalized spacial score (nSPS) is 29.6. The highest BCUT2D eigenvalue weighted by Crippen LogP contribution is 2.71. The molecule has 1 heteroatoms. The topological polar surface area (TPSA) is 3.24 Å². The lowest BCUT2D eigenvalue weighted by molar-refractivity contribution is 0.0429. The number of benzene rings is 5. The molecule has 4 aliphatic rings. The Morgan fingerprint density at radius 2 is 0.643 bits per heavy atom. The second kappa shape index (κ2) is 9.73. The Hall–Kier alpha value is -4.10. The van der Waals surface area contributed by atoms with Crippen molar-refractivity contribution in [3.63, 3.8) is 0 Å². The summed E-state index contributed by atoms with van der Waals surface area (Å²) in [6, 6.07) is 57.3. The third-order valence-electron chi connectivity index (χ3n) is 11.1. The Morgan fingerprint density at radius 3 is 1.02 bits per heavy atom. The fraction of sp³-hybridized carbons (Fsp3) is 0.268. The molecular weight excluding hydrogens is 506 g/mol. The second-order valence-corrected chi connectivity index (χ2v) is 13.6. The van der Waals surface area contributed by atoms with Gasteiger partial charge in [-0.05, 0) is 102 Å². The predicted molar refractivity (Wildman–Crippen MR) is 174 cm³/mol. The van der Waals surface area contributed by atoms with Crippen molar-refractivity contribution in [3.8, 4) is 0 Å². The Labute approximate surface area is 250 Å². The lowest BCUT2D eigenvalue weighted by Gasteiger charge is -2.65. The van der Waals surface area contributed by atoms with E-state index >= 15 is 0 Å². The summed E-state index contributed by atoms with van der Waals surface area (Å²) in [5.41, 5.74) is 7.41. The summed E-state index contributed by atoms with van der Waals surface area (Å²) in [7, 11) is 0. The van der Waals surface area contributed by atoms with Gasteiger partial charge in [0.05, 0.1) is 0 Å². The molecule has 42 heavy (non-hydrogen) atoms. The molecule has 0 saturated heterocycles. The summed E-state index contributed by atoms with van der Waals surface area (Å²) in [5.74, 6) is 0. The first kappa shape index (κ1) is 25.6. The minimum Gasteiger partial charge on any atom is -0.335 e. The standard InChI is InChI=1S/C41H39N/c1-6-16-33(17-7-1)38-26-27-39(34-18-8-2-9-19-34)29-40(28-38,35-20-10-3-11-21-35)32-41(30-38,31-39)42(36-22-12-4-13-23-36)37-24-14-5-15-25-37/h1-25H,26-32H2. The first-order valence-corrected chi connectivity index (χ1v) is 15.7. The van der Waals surface area contributed by atoms with Gasteiger partial charge in [0.15, 0.2) is 0 Å². The van der Waals surface area contributed by atoms with Crippen LogP contribution in [0.3, 0.4) is 0 Å². The lowest BCUT2D eigenvalue weighted by atomic mass is 9.45. The molecule has 208 valence electrons. The molecule has 0 aromatic heterocycles. The number of rotatable bonds is 6. The molecule has 5 aromatic rings. The molecular formula is C41H39N. The van der Waals surface area contributed by atoms with Gasteiger partial charge in [-0.25, -0.2) is 0 Å². The third-order valence-corrected chi connectivity index (χ3v) is 11.1. The van der Waals surface area contributed by atoms with E-state index in [-0.39, 0.29) is 21.8 Å². The van der Waals surface area contributed by atoms with Gasteiger partial charge in [-0.3, -0.25) is 0 Å². The van der Waals surface area contributed by atoms with Crippen LogP contribution in [0.2, 0.25) is 0 Å². The Balaban J connectivity index is 1.45. The highest BCUT2D eigenvalue weighted by atomic mass is 15.2. The minimum atomic E-state index is -0.0583. The molecule has 4 bridgehead atoms. The SMILES string of the molecule is c1ccc(N(c2ccccc2)C23CC4(c5ccccc5)CCC(c5ccccc5)(CC(c5ccccc5)(C4)C2)C3)cc1. The van der Waals surface area contributed by atoms with E-state index in [4.69, 9.17) is 0 Å². The van der Waals surface area contributed by atoms with E-state index in [1.165, 1.54) is 53.7 Å². The first-order valence-electron chi connectivity index (χ1n) is 15.7. The Bertz CT molecular complexity index is 1550. The maximum atomic E-state index is 2.78. The summed E-state index contributed by atoms with van der Waals surface area (Å²) in [6.45, 7) is 0. The average Bonchev–Trinajstić information content (AvgIpc) is 3.23. The van der Waals surface area contributed by atoms with E-state index in [9.17, 15) is 0 Å². The molecule has 0 N–H and O–H groups in total. The summed E-state index contributed by atoms with van der Waals surface area (Å²) in [6.07, 6.45) is 8.35. The third kappa shape index (κ3) is 3.97. The van der Waals surface area contributed by atoms with Gasteiger partial charge >= 0.3 is 0 Å². The molecule has 4 fully saturated rings. The summed E-state index contributed by atoms with van der Waals surface area (Å²) in [4.78, 5) is 2.78. The number of para-hydroxylation sites is 2. The van der Waals surface area contributed by atoms with Gasteiger partial charge in [-0.1, -0.05) is 127 Å². The van der Waals surface area contributed by atoms with Crippen LogP contribution < -0.4 is 4.90 Å². The molecule has 0 aliphatic heterocycles. The number of fused-ring (bicyclic) bond motifs is 1. The van der Waals surface area contributed by atoms with E-state index in [0.717, 1.165) is 19.3 Å². The summed E-state index contributed by atoms with van der Waals surface area (Å²) >= 11 is 0. The molecule has 5 aromatic carbocycles. The zero-order valence-corrected chi connectivity index (χ0v) is 24.3. The molecule has 0 radical (unpaired) electrons. The number of nitrogens with zero attached hydrogens (tertiary/aromatic N) is 1. The highest BCUT2D eigenvalue weighted by molar-refractivity contribution is 5.67. The van der Waals surface area contributed by atoms with Gasteiger partial charge in [-0.15, -0.1) is 0 Å². The minimum absolute atomic E-state index is 0.0583. The Kier molecular flexibility index (Phi) is 5.93. The fourth-order valence-corrected chi connectivity index (χ4v) is 9.98. The van der Waals surface area contributed by atoms with Crippen LogP contribution in [0.25, 0.3) is 0 Å². The van der Waals surface area contributed by atoms with E-state index in [0.29, 0.717) is 0 Å². The smallest absolute Gasteiger partial charge is 0.0477 e. The molecule has 1 nitrogen and oxygen atoms in total. The quantitative estimate of drug-likeness (QED) is 0.205. The maximum absolute atomic E-state index is 2.78. The maximum Gasteiger partial charge on any atom is 0.0477 e. The molecule has 4 saturated carbocycles. The summed E-state index contributed by atoms with van der Waals surface area (Å²) < 4.78 is 0. The van der Waals surface area contributed by atoms with Crippen molar-refractivity contribution in [3.05, 3.63) is 168 Å². The van der Waals surface area contributed by atoms with Crippen LogP contribution in [-0.2, 0) is 16.2 Å². The molecule has 0 heterocycles. The number of hydrogen-bond acceptors (Lipinski definition) is 1. The molecule has 4 aliphatic carbocycles. The van der Waals surface area contributed by atoms with Crippen molar-refractivity contribution in [1.82, 2.24) is 0 Å². The van der Waals surface area contributed by atoms with Crippen molar-refractivity contribution < 1.29 is 0 Å². The number of anilines is 2. The lowest BCUT2D eigenvalue weighted by Crippen LogP contribution is -2.64. The first-order chi connectivity index (χ1) is 20.6. The van der Waals surface area contributed by atoms with Gasteiger partial charge in [0.25, 0.3) is 0 Å². The van der Waals surface area contributed by atoms with Crippen LogP contribution in [0.1, 0.15) is 61.6 Å². The van der Waals surface area contributed by atoms with Crippen LogP contribution in [0.5, 0.6) is 0 Å². The highest BCUT2D eigenvalue weighted by Gasteiger charge is 2.67. The van der Waals surface area contributed by atoms with Gasteiger partial charge in [0.2, 0.25) is 0 Å². The van der Waals surface area contributed by atoms with Crippen LogP contribution in [0, 0.1) is 0 Å². The van der Waals surface area contributed by atoms with Crippen LogP contribution in [0.4, 0.5) is 11.4 Å². The van der Waals surface area contributed by atoms with Crippen molar-refractivity contribution >= 4 is 11.4 Å². The average molecular weight is 546 g/mol. The van der Waals surface area contributed by atoms with Crippen molar-refractivity contribution in [2.45, 2.75) is 66.7 Å². The van der Waals surface area contributed by atoms with Crippen LogP contribution in [-0.4, -0.2) is 5.54 Å². The molecule has 0 amide bonds. The zero-order chi connectivity index (χ0) is 28.1. The molecule has 2 unspecified atom stereocenters. The fourth-order valence-electron chi connectivity index (χ4n) is 9.98. The van der Waals surface area contributed by atoms with E-state index < -0.39 is 0 Å². The van der Waals surface area contributed by atoms with Gasteiger partial charge in [0.1, 0.15) is 0 Å². The van der Waals surface area contributed by atoms with E-state index in [1.807, 2.05) is 0 Å². The van der Waals surface area contributed by atoms with Crippen molar-refractivity contribution in [2.24, 2.45) is 0 Å². The molecule has 2 atom stereocenters. The van der Waals surface area contributed by atoms with Crippen LogP contribution >= 0.6 is 0 Å². The Morgan fingerprint density at radius 1 is 0.333 bits per heavy atom. The monoisotopic (exact) mass is 545 g/mol. The van der Waals surface area contributed by atoms with E-state index in [2.05, 4.69) is 157 Å². The predicted octanol–water partition coefficient (Wildman–Crippen LogP) is 10.1. The van der Waals surface area contributed by atoms with Gasteiger partial charge in [-0.2, -0.15) is 0 Å². The second-order valence-electron chi connectivity index (χ2n) is 13.6. The van der Waals surface area contributed by atoms with Gasteiger partial charge in [0, 0.05) is 16.9 Å². The largest absolute Gasteiger partial charge is 0.335 e. The van der Waals surface area contributed by atoms with E-state index in [1.54, 1.807) is 0 Å².